The summed E-state index contributed by atoms with van der Waals surface area (Å²) in [4.78, 5) is 31.0. The van der Waals surface area contributed by atoms with E-state index in [0.29, 0.717) is 43.7 Å². The molecule has 0 radical (unpaired) electrons. The number of anilines is 2. The zero-order valence-electron chi connectivity index (χ0n) is 32.3. The van der Waals surface area contributed by atoms with Crippen LogP contribution in [0.25, 0.3) is 10.8 Å². The smallest absolute Gasteiger partial charge is 0.266 e. The Balaban J connectivity index is 0.000000190. The number of piperidine rings is 1. The molecule has 0 spiro atoms. The van der Waals surface area contributed by atoms with E-state index in [9.17, 15) is 22.8 Å². The van der Waals surface area contributed by atoms with Crippen LogP contribution in [0.3, 0.4) is 0 Å². The number of aryl methyl sites for hydroxylation is 2. The molecular weight excluding hydrogens is 708 g/mol. The van der Waals surface area contributed by atoms with E-state index in [1.165, 1.54) is 54.5 Å². The lowest BCUT2D eigenvalue weighted by molar-refractivity contribution is -0.125. The van der Waals surface area contributed by atoms with Crippen molar-refractivity contribution in [2.24, 2.45) is 0 Å². The first-order valence-electron chi connectivity index (χ1n) is 19.3. The number of amides is 2. The number of nitrogens with zero attached hydrogens (tertiary/aromatic N) is 5. The lowest BCUT2D eigenvalue weighted by atomic mass is 9.82. The standard InChI is InChI=1S/C21H22F3N5O.C21H30N2O2/c1-12(14-4-3-5-15(19(14)22)20(23)24)26-21-16-10-18(29-6-8-30-9-7-29)25-11-17(16)13(2)27-28-21;1-14(4-9-21(25)22-13-24)16-5-8-20(15(2)10-16)17-11-18-6-7-19(12-17)23(18)3/h3-5,10-12,20H,6-9H2,1-2H3,(H,26,28);5,8,10,13-14,17-19H,4,6-7,9,11-12H2,1-3H3,(H,22,24,25). The number of rotatable bonds is 11. The molecule has 4 aromatic rings. The Hall–Kier alpha value is -4.62. The van der Waals surface area contributed by atoms with E-state index >= 15 is 0 Å². The van der Waals surface area contributed by atoms with Gasteiger partial charge in [0.05, 0.1) is 30.5 Å². The van der Waals surface area contributed by atoms with Gasteiger partial charge in [-0.15, -0.1) is 5.10 Å². The van der Waals surface area contributed by atoms with E-state index in [2.05, 4.69) is 74.7 Å². The fraction of sp³-hybridized carbons (Fsp3) is 0.500. The van der Waals surface area contributed by atoms with Crippen LogP contribution in [0.2, 0.25) is 0 Å². The van der Waals surface area contributed by atoms with Crippen LogP contribution in [-0.2, 0) is 14.3 Å². The molecule has 2 amide bonds. The number of benzene rings is 2. The van der Waals surface area contributed by atoms with E-state index in [1.807, 2.05) is 13.0 Å². The lowest BCUT2D eigenvalue weighted by Gasteiger charge is -2.37. The SMILES string of the molecule is Cc1cc(C(C)CCC(=O)NC=O)ccc1C1CC2CCC(C1)N2C.Cc1nnc(NC(C)c2cccc(C(F)F)c2F)c2cc(N3CCOCC3)ncc12. The maximum atomic E-state index is 14.6. The maximum absolute atomic E-state index is 14.6. The summed E-state index contributed by atoms with van der Waals surface area (Å²) in [5.74, 6) is 1.14. The van der Waals surface area contributed by atoms with Gasteiger partial charge < -0.3 is 19.9 Å². The highest BCUT2D eigenvalue weighted by Gasteiger charge is 2.39. The molecular formula is C42H52F3N7O3. The zero-order valence-corrected chi connectivity index (χ0v) is 32.3. The van der Waals surface area contributed by atoms with Crippen molar-refractivity contribution >= 4 is 34.7 Å². The summed E-state index contributed by atoms with van der Waals surface area (Å²) in [6, 6.07) is 13.7. The number of morpholine rings is 1. The minimum atomic E-state index is -2.88. The first-order valence-corrected chi connectivity index (χ1v) is 19.3. The molecule has 2 aromatic heterocycles. The Bertz CT molecular complexity index is 1960. The van der Waals surface area contributed by atoms with Crippen LogP contribution in [0.1, 0.15) is 110 Å². The van der Waals surface area contributed by atoms with Gasteiger partial charge in [0.15, 0.2) is 5.82 Å². The Kier molecular flexibility index (Phi) is 13.0. The second-order valence-electron chi connectivity index (χ2n) is 15.2. The van der Waals surface area contributed by atoms with Crippen molar-refractivity contribution in [3.8, 4) is 0 Å². The molecule has 294 valence electrons. The average molecular weight is 760 g/mol. The summed E-state index contributed by atoms with van der Waals surface area (Å²) in [6.45, 7) is 10.7. The van der Waals surface area contributed by atoms with Crippen LogP contribution in [0.5, 0.6) is 0 Å². The Morgan fingerprint density at radius 1 is 1.00 bits per heavy atom. The van der Waals surface area contributed by atoms with E-state index in [1.54, 1.807) is 13.1 Å². The summed E-state index contributed by atoms with van der Waals surface area (Å²) in [5.41, 5.74) is 4.44. The Morgan fingerprint density at radius 3 is 2.38 bits per heavy atom. The number of fused-ring (bicyclic) bond motifs is 3. The molecule has 3 aliphatic heterocycles. The zero-order chi connectivity index (χ0) is 39.2. The molecule has 10 nitrogen and oxygen atoms in total. The van der Waals surface area contributed by atoms with Gasteiger partial charge in [-0.05, 0) is 94.5 Å². The number of ether oxygens (including phenoxy) is 1. The first kappa shape index (κ1) is 40.1. The number of halogens is 3. The van der Waals surface area contributed by atoms with Crippen LogP contribution in [0.4, 0.5) is 24.8 Å². The minimum absolute atomic E-state index is 0.144. The minimum Gasteiger partial charge on any atom is -0.378 e. The molecule has 7 rings (SSSR count). The van der Waals surface area contributed by atoms with Crippen LogP contribution < -0.4 is 15.5 Å². The quantitative estimate of drug-likeness (QED) is 0.147. The van der Waals surface area contributed by atoms with Crippen LogP contribution in [-0.4, -0.2) is 77.8 Å². The number of hydrogen-bond donors (Lipinski definition) is 2. The van der Waals surface area contributed by atoms with Crippen molar-refractivity contribution in [1.82, 2.24) is 25.4 Å². The van der Waals surface area contributed by atoms with Crippen LogP contribution in [0, 0.1) is 19.7 Å². The van der Waals surface area contributed by atoms with Gasteiger partial charge in [-0.25, -0.2) is 18.2 Å². The molecule has 3 aliphatic rings. The van der Waals surface area contributed by atoms with Crippen molar-refractivity contribution < 1.29 is 27.5 Å². The summed E-state index contributed by atoms with van der Waals surface area (Å²) in [5, 5.41) is 15.4. The van der Waals surface area contributed by atoms with Crippen molar-refractivity contribution in [2.75, 3.05) is 43.6 Å². The lowest BCUT2D eigenvalue weighted by Crippen LogP contribution is -2.39. The van der Waals surface area contributed by atoms with Gasteiger partial charge in [0.2, 0.25) is 12.3 Å². The topological polar surface area (TPSA) is 113 Å². The second kappa shape index (κ2) is 17.9. The number of hydrogen-bond acceptors (Lipinski definition) is 9. The third kappa shape index (κ3) is 9.27. The highest BCUT2D eigenvalue weighted by molar-refractivity contribution is 5.94. The molecule has 5 heterocycles. The van der Waals surface area contributed by atoms with Crippen LogP contribution in [0.15, 0.2) is 48.7 Å². The third-order valence-corrected chi connectivity index (χ3v) is 11.7. The number of pyridine rings is 1. The molecule has 4 unspecified atom stereocenters. The average Bonchev–Trinajstić information content (AvgIpc) is 3.37. The van der Waals surface area contributed by atoms with Gasteiger partial charge in [0.1, 0.15) is 11.6 Å². The van der Waals surface area contributed by atoms with E-state index in [4.69, 9.17) is 4.74 Å². The summed E-state index contributed by atoms with van der Waals surface area (Å²) >= 11 is 0. The molecule has 3 fully saturated rings. The predicted molar refractivity (Wildman–Crippen MR) is 208 cm³/mol. The van der Waals surface area contributed by atoms with Crippen molar-refractivity contribution in [2.45, 2.75) is 103 Å². The number of nitrogens with one attached hydrogen (secondary N) is 2. The summed E-state index contributed by atoms with van der Waals surface area (Å²) < 4.78 is 46.1. The molecule has 3 saturated heterocycles. The molecule has 55 heavy (non-hydrogen) atoms. The molecule has 2 bridgehead atoms. The predicted octanol–water partition coefficient (Wildman–Crippen LogP) is 7.91. The largest absolute Gasteiger partial charge is 0.378 e. The van der Waals surface area contributed by atoms with Gasteiger partial charge in [-0.3, -0.25) is 14.9 Å². The molecule has 2 N–H and O–H groups in total. The number of imide groups is 1. The van der Waals surface area contributed by atoms with E-state index in [0.717, 1.165) is 59.9 Å². The van der Waals surface area contributed by atoms with Crippen molar-refractivity contribution in [1.29, 1.82) is 0 Å². The van der Waals surface area contributed by atoms with E-state index in [-0.39, 0.29) is 11.5 Å². The molecule has 2 aromatic carbocycles. The van der Waals surface area contributed by atoms with Crippen molar-refractivity contribution in [3.05, 3.63) is 88.0 Å². The van der Waals surface area contributed by atoms with Crippen LogP contribution >= 0.6 is 0 Å². The number of carbonyl (C=O) groups excluding carboxylic acids is 2. The van der Waals surface area contributed by atoms with Gasteiger partial charge in [-0.2, -0.15) is 5.10 Å². The maximum Gasteiger partial charge on any atom is 0.266 e. The molecule has 4 atom stereocenters. The fourth-order valence-electron chi connectivity index (χ4n) is 8.37. The third-order valence-electron chi connectivity index (χ3n) is 11.7. The van der Waals surface area contributed by atoms with Gasteiger partial charge in [0, 0.05) is 54.1 Å². The van der Waals surface area contributed by atoms with Gasteiger partial charge in [0.25, 0.3) is 6.43 Å². The monoisotopic (exact) mass is 759 g/mol. The Labute approximate surface area is 321 Å². The summed E-state index contributed by atoms with van der Waals surface area (Å²) in [7, 11) is 2.29. The number of aromatic nitrogens is 3. The normalized spacial score (nSPS) is 20.8. The number of carbonyl (C=O) groups is 2. The van der Waals surface area contributed by atoms with E-state index < -0.39 is 23.8 Å². The fourth-order valence-corrected chi connectivity index (χ4v) is 8.37. The molecule has 0 aliphatic carbocycles. The molecule has 0 saturated carbocycles. The highest BCUT2D eigenvalue weighted by Crippen LogP contribution is 2.43. The second-order valence-corrected chi connectivity index (χ2v) is 15.2. The number of alkyl halides is 2. The van der Waals surface area contributed by atoms with Gasteiger partial charge >= 0.3 is 0 Å². The summed E-state index contributed by atoms with van der Waals surface area (Å²) in [6.07, 6.45) is 5.76. The first-order chi connectivity index (χ1) is 26.4. The highest BCUT2D eigenvalue weighted by atomic mass is 19.3. The molecule has 13 heteroatoms. The van der Waals surface area contributed by atoms with Crippen molar-refractivity contribution in [3.63, 3.8) is 0 Å². The van der Waals surface area contributed by atoms with Gasteiger partial charge in [-0.1, -0.05) is 43.3 Å². The Morgan fingerprint density at radius 2 is 1.71 bits per heavy atom.